The van der Waals surface area contributed by atoms with E-state index in [-0.39, 0.29) is 0 Å². The van der Waals surface area contributed by atoms with Gasteiger partial charge < -0.3 is 10.6 Å². The van der Waals surface area contributed by atoms with Gasteiger partial charge in [0, 0.05) is 38.4 Å². The molecule has 0 spiro atoms. The van der Waals surface area contributed by atoms with Gasteiger partial charge in [-0.1, -0.05) is 37.8 Å². The molecule has 0 radical (unpaired) electrons. The molecule has 0 heterocycles. The van der Waals surface area contributed by atoms with E-state index in [0.29, 0.717) is 18.6 Å². The molecule has 0 bridgehead atoms. The Balaban J connectivity index is 2.09. The van der Waals surface area contributed by atoms with E-state index in [4.69, 9.17) is 5.73 Å². The van der Waals surface area contributed by atoms with Crippen molar-refractivity contribution in [3.63, 3.8) is 0 Å². The third-order valence-corrected chi connectivity index (χ3v) is 4.91. The van der Waals surface area contributed by atoms with E-state index < -0.39 is 0 Å². The molecule has 0 aromatic heterocycles. The summed E-state index contributed by atoms with van der Waals surface area (Å²) < 4.78 is 0. The molecule has 0 saturated heterocycles. The first-order valence-electron chi connectivity index (χ1n) is 8.32. The average molecular weight is 289 g/mol. The van der Waals surface area contributed by atoms with E-state index in [2.05, 4.69) is 55.2 Å². The number of rotatable bonds is 5. The number of nitrogens with zero attached hydrogens (tertiary/aromatic N) is 2. The van der Waals surface area contributed by atoms with E-state index in [9.17, 15) is 0 Å². The smallest absolute Gasteiger partial charge is 0.0470 e. The Hall–Kier alpha value is -1.06. The molecular weight excluding hydrogens is 258 g/mol. The van der Waals surface area contributed by atoms with Crippen LogP contribution < -0.4 is 10.6 Å². The van der Waals surface area contributed by atoms with Gasteiger partial charge in [-0.05, 0) is 37.6 Å². The summed E-state index contributed by atoms with van der Waals surface area (Å²) in [5.41, 5.74) is 8.68. The Bertz CT molecular complexity index is 405. The summed E-state index contributed by atoms with van der Waals surface area (Å²) in [5.74, 6) is 0. The monoisotopic (exact) mass is 289 g/mol. The third kappa shape index (κ3) is 4.21. The van der Waals surface area contributed by atoms with Crippen molar-refractivity contribution < 1.29 is 0 Å². The second kappa shape index (κ2) is 7.81. The Labute approximate surface area is 130 Å². The van der Waals surface area contributed by atoms with Crippen LogP contribution in [0.3, 0.4) is 0 Å². The molecule has 21 heavy (non-hydrogen) atoms. The Morgan fingerprint density at radius 1 is 1.00 bits per heavy atom. The third-order valence-electron chi connectivity index (χ3n) is 4.91. The Morgan fingerprint density at radius 3 is 2.05 bits per heavy atom. The van der Waals surface area contributed by atoms with Gasteiger partial charge in [0.05, 0.1) is 0 Å². The van der Waals surface area contributed by atoms with Crippen LogP contribution in [0.15, 0.2) is 24.3 Å². The van der Waals surface area contributed by atoms with Gasteiger partial charge in [-0.25, -0.2) is 0 Å². The van der Waals surface area contributed by atoms with Crippen LogP contribution in [0.4, 0.5) is 5.69 Å². The fourth-order valence-corrected chi connectivity index (χ4v) is 3.45. The summed E-state index contributed by atoms with van der Waals surface area (Å²) in [6, 6.07) is 9.89. The van der Waals surface area contributed by atoms with Crippen molar-refractivity contribution in [2.45, 2.75) is 50.6 Å². The maximum Gasteiger partial charge on any atom is 0.0470 e. The molecule has 1 aromatic carbocycles. The van der Waals surface area contributed by atoms with Gasteiger partial charge in [0.2, 0.25) is 0 Å². The molecule has 0 aliphatic heterocycles. The molecule has 1 unspecified atom stereocenters. The van der Waals surface area contributed by atoms with E-state index in [1.807, 2.05) is 0 Å². The summed E-state index contributed by atoms with van der Waals surface area (Å²) in [5, 5.41) is 0. The normalized spacial score (nSPS) is 18.5. The molecule has 1 saturated carbocycles. The lowest BCUT2D eigenvalue weighted by Crippen LogP contribution is -2.38. The summed E-state index contributed by atoms with van der Waals surface area (Å²) in [7, 11) is 6.41. The van der Waals surface area contributed by atoms with E-state index in [0.717, 1.165) is 0 Å². The van der Waals surface area contributed by atoms with E-state index in [1.54, 1.807) is 0 Å². The molecule has 1 aromatic rings. The van der Waals surface area contributed by atoms with Gasteiger partial charge >= 0.3 is 0 Å². The highest BCUT2D eigenvalue weighted by atomic mass is 15.2. The molecule has 3 nitrogen and oxygen atoms in total. The fourth-order valence-electron chi connectivity index (χ4n) is 3.45. The minimum atomic E-state index is 0.337. The number of benzene rings is 1. The zero-order valence-corrected chi connectivity index (χ0v) is 13.9. The number of likely N-dealkylation sites (N-methyl/N-ethyl adjacent to an activating group) is 1. The van der Waals surface area contributed by atoms with Gasteiger partial charge in [0.1, 0.15) is 0 Å². The average Bonchev–Trinajstić information content (AvgIpc) is 2.77. The molecule has 2 rings (SSSR count). The highest BCUT2D eigenvalue weighted by Gasteiger charge is 2.24. The maximum atomic E-state index is 6.10. The molecule has 1 aliphatic rings. The van der Waals surface area contributed by atoms with Crippen LogP contribution >= 0.6 is 0 Å². The zero-order chi connectivity index (χ0) is 15.2. The number of hydrogen-bond acceptors (Lipinski definition) is 3. The van der Waals surface area contributed by atoms with Gasteiger partial charge in [0.15, 0.2) is 0 Å². The van der Waals surface area contributed by atoms with E-state index in [1.165, 1.54) is 49.8 Å². The fraction of sp³-hybridized carbons (Fsp3) is 0.667. The predicted molar refractivity (Wildman–Crippen MR) is 91.8 cm³/mol. The molecule has 2 N–H and O–H groups in total. The van der Waals surface area contributed by atoms with Crippen molar-refractivity contribution in [2.24, 2.45) is 5.73 Å². The van der Waals surface area contributed by atoms with Gasteiger partial charge in [-0.3, -0.25) is 4.90 Å². The minimum Gasteiger partial charge on any atom is -0.378 e. The lowest BCUT2D eigenvalue weighted by atomic mass is 10.00. The van der Waals surface area contributed by atoms with Gasteiger partial charge in [-0.2, -0.15) is 0 Å². The van der Waals surface area contributed by atoms with Crippen LogP contribution in [-0.2, 0) is 0 Å². The SMILES string of the molecule is CN(C)c1ccc(C(CN)N(C)C2CCCCCC2)cc1. The predicted octanol–water partition coefficient (Wildman–Crippen LogP) is 3.41. The standard InChI is InChI=1S/C18H31N3/c1-20(2)16-12-10-15(11-13-16)18(14-19)21(3)17-8-6-4-5-7-9-17/h10-13,17-18H,4-9,14,19H2,1-3H3. The lowest BCUT2D eigenvalue weighted by molar-refractivity contribution is 0.161. The lowest BCUT2D eigenvalue weighted by Gasteiger charge is -2.34. The largest absolute Gasteiger partial charge is 0.378 e. The highest BCUT2D eigenvalue weighted by Crippen LogP contribution is 2.28. The van der Waals surface area contributed by atoms with Crippen LogP contribution in [0.5, 0.6) is 0 Å². The topological polar surface area (TPSA) is 32.5 Å². The molecule has 1 aliphatic carbocycles. The van der Waals surface area contributed by atoms with Crippen molar-refractivity contribution >= 4 is 5.69 Å². The van der Waals surface area contributed by atoms with Gasteiger partial charge in [0.25, 0.3) is 0 Å². The maximum absolute atomic E-state index is 6.10. The molecule has 118 valence electrons. The zero-order valence-electron chi connectivity index (χ0n) is 13.9. The quantitative estimate of drug-likeness (QED) is 0.843. The summed E-state index contributed by atoms with van der Waals surface area (Å²) >= 11 is 0. The molecule has 1 atom stereocenters. The first kappa shape index (κ1) is 16.3. The van der Waals surface area contributed by atoms with Crippen LogP contribution in [0, 0.1) is 0 Å². The van der Waals surface area contributed by atoms with Crippen LogP contribution in [0.2, 0.25) is 0 Å². The Morgan fingerprint density at radius 2 is 1.57 bits per heavy atom. The molecule has 1 fully saturated rings. The van der Waals surface area contributed by atoms with Crippen molar-refractivity contribution in [3.8, 4) is 0 Å². The second-order valence-corrected chi connectivity index (χ2v) is 6.55. The van der Waals surface area contributed by atoms with Crippen LogP contribution in [-0.4, -0.2) is 38.6 Å². The summed E-state index contributed by atoms with van der Waals surface area (Å²) in [4.78, 5) is 4.66. The van der Waals surface area contributed by atoms with Crippen molar-refractivity contribution in [1.82, 2.24) is 4.90 Å². The summed E-state index contributed by atoms with van der Waals surface area (Å²) in [6.45, 7) is 0.689. The number of hydrogen-bond donors (Lipinski definition) is 1. The number of nitrogens with two attached hydrogens (primary N) is 1. The van der Waals surface area contributed by atoms with Gasteiger partial charge in [-0.15, -0.1) is 0 Å². The first-order chi connectivity index (χ1) is 10.1. The number of anilines is 1. The highest BCUT2D eigenvalue weighted by molar-refractivity contribution is 5.46. The molecule has 0 amide bonds. The van der Waals surface area contributed by atoms with Crippen LogP contribution in [0.1, 0.15) is 50.1 Å². The summed E-state index contributed by atoms with van der Waals surface area (Å²) in [6.07, 6.45) is 8.17. The second-order valence-electron chi connectivity index (χ2n) is 6.55. The van der Waals surface area contributed by atoms with Crippen molar-refractivity contribution in [1.29, 1.82) is 0 Å². The Kier molecular flexibility index (Phi) is 6.07. The van der Waals surface area contributed by atoms with E-state index >= 15 is 0 Å². The van der Waals surface area contributed by atoms with Crippen LogP contribution in [0.25, 0.3) is 0 Å². The minimum absolute atomic E-state index is 0.337. The molecular formula is C18H31N3. The molecule has 3 heteroatoms. The van der Waals surface area contributed by atoms with Crippen molar-refractivity contribution in [2.75, 3.05) is 32.6 Å². The van der Waals surface area contributed by atoms with Crippen molar-refractivity contribution in [3.05, 3.63) is 29.8 Å². The first-order valence-corrected chi connectivity index (χ1v) is 8.32.